The van der Waals surface area contributed by atoms with Gasteiger partial charge in [-0.1, -0.05) is 24.3 Å². The van der Waals surface area contributed by atoms with Crippen molar-refractivity contribution in [3.05, 3.63) is 53.6 Å². The van der Waals surface area contributed by atoms with Crippen LogP contribution in [0.5, 0.6) is 17.2 Å². The molecule has 0 saturated carbocycles. The van der Waals surface area contributed by atoms with Crippen molar-refractivity contribution in [2.45, 2.75) is 19.4 Å². The standard InChI is InChI=1S/C21H29N3O3/c1-22-21(24-15-17-9-5-6-10-18(17)25-2)23-13-7-8-16-11-12-19(26-3)20(14-16)27-4/h5-6,9-12,14H,7-8,13,15H2,1-4H3,(H2,22,23,24). The molecule has 146 valence electrons. The Balaban J connectivity index is 1.78. The molecule has 0 heterocycles. The summed E-state index contributed by atoms with van der Waals surface area (Å²) < 4.78 is 16.0. The number of hydrogen-bond acceptors (Lipinski definition) is 4. The number of aliphatic imine (C=N–C) groups is 1. The molecular weight excluding hydrogens is 342 g/mol. The highest BCUT2D eigenvalue weighted by Gasteiger charge is 2.05. The summed E-state index contributed by atoms with van der Waals surface area (Å²) in [5, 5.41) is 6.66. The van der Waals surface area contributed by atoms with Gasteiger partial charge in [0.2, 0.25) is 0 Å². The van der Waals surface area contributed by atoms with Gasteiger partial charge in [0.25, 0.3) is 0 Å². The van der Waals surface area contributed by atoms with Crippen molar-refractivity contribution >= 4 is 5.96 Å². The highest BCUT2D eigenvalue weighted by molar-refractivity contribution is 5.79. The molecule has 6 nitrogen and oxygen atoms in total. The Morgan fingerprint density at radius 2 is 1.63 bits per heavy atom. The van der Waals surface area contributed by atoms with Crippen LogP contribution in [0, 0.1) is 0 Å². The zero-order valence-electron chi connectivity index (χ0n) is 16.5. The van der Waals surface area contributed by atoms with Crippen molar-refractivity contribution < 1.29 is 14.2 Å². The van der Waals surface area contributed by atoms with E-state index in [1.807, 2.05) is 36.4 Å². The molecule has 0 saturated heterocycles. The number of ether oxygens (including phenoxy) is 3. The van der Waals surface area contributed by atoms with Crippen molar-refractivity contribution in [3.63, 3.8) is 0 Å². The second-order valence-electron chi connectivity index (χ2n) is 5.96. The molecule has 0 aliphatic carbocycles. The fourth-order valence-corrected chi connectivity index (χ4v) is 2.78. The second-order valence-corrected chi connectivity index (χ2v) is 5.96. The van der Waals surface area contributed by atoms with Gasteiger partial charge in [0.05, 0.1) is 21.3 Å². The molecule has 0 radical (unpaired) electrons. The van der Waals surface area contributed by atoms with Crippen molar-refractivity contribution in [1.82, 2.24) is 10.6 Å². The summed E-state index contributed by atoms with van der Waals surface area (Å²) in [6.07, 6.45) is 1.92. The minimum atomic E-state index is 0.652. The fourth-order valence-electron chi connectivity index (χ4n) is 2.78. The smallest absolute Gasteiger partial charge is 0.191 e. The van der Waals surface area contributed by atoms with E-state index in [1.54, 1.807) is 28.4 Å². The monoisotopic (exact) mass is 371 g/mol. The van der Waals surface area contributed by atoms with E-state index in [9.17, 15) is 0 Å². The minimum Gasteiger partial charge on any atom is -0.496 e. The number of para-hydroxylation sites is 1. The van der Waals surface area contributed by atoms with Crippen LogP contribution in [0.15, 0.2) is 47.5 Å². The van der Waals surface area contributed by atoms with E-state index in [1.165, 1.54) is 5.56 Å². The molecule has 2 N–H and O–H groups in total. The summed E-state index contributed by atoms with van der Waals surface area (Å²) in [7, 11) is 6.75. The Labute approximate surface area is 161 Å². The summed E-state index contributed by atoms with van der Waals surface area (Å²) in [5.41, 5.74) is 2.31. The van der Waals surface area contributed by atoms with Crippen LogP contribution in [0.4, 0.5) is 0 Å². The normalized spacial score (nSPS) is 11.0. The zero-order valence-corrected chi connectivity index (χ0v) is 16.5. The Hall–Kier alpha value is -2.89. The first kappa shape index (κ1) is 20.4. The van der Waals surface area contributed by atoms with E-state index >= 15 is 0 Å². The SMILES string of the molecule is CN=C(NCCCc1ccc(OC)c(OC)c1)NCc1ccccc1OC. The first-order valence-electron chi connectivity index (χ1n) is 8.99. The van der Waals surface area contributed by atoms with Crippen LogP contribution in [-0.2, 0) is 13.0 Å². The van der Waals surface area contributed by atoms with Gasteiger partial charge in [-0.25, -0.2) is 0 Å². The third-order valence-corrected chi connectivity index (χ3v) is 4.25. The first-order valence-corrected chi connectivity index (χ1v) is 8.99. The van der Waals surface area contributed by atoms with Crippen molar-refractivity contribution in [2.24, 2.45) is 4.99 Å². The van der Waals surface area contributed by atoms with Gasteiger partial charge in [0.15, 0.2) is 17.5 Å². The lowest BCUT2D eigenvalue weighted by atomic mass is 10.1. The third-order valence-electron chi connectivity index (χ3n) is 4.25. The van der Waals surface area contributed by atoms with Crippen LogP contribution in [0.3, 0.4) is 0 Å². The van der Waals surface area contributed by atoms with Crippen molar-refractivity contribution in [1.29, 1.82) is 0 Å². The second kappa shape index (κ2) is 11.0. The number of benzene rings is 2. The molecule has 6 heteroatoms. The zero-order chi connectivity index (χ0) is 19.5. The molecule has 0 aromatic heterocycles. The highest BCUT2D eigenvalue weighted by atomic mass is 16.5. The maximum absolute atomic E-state index is 5.37. The average molecular weight is 371 g/mol. The van der Waals surface area contributed by atoms with Crippen LogP contribution in [-0.4, -0.2) is 40.9 Å². The maximum Gasteiger partial charge on any atom is 0.191 e. The Morgan fingerprint density at radius 1 is 0.889 bits per heavy atom. The molecule has 0 bridgehead atoms. The van der Waals surface area contributed by atoms with E-state index in [-0.39, 0.29) is 0 Å². The fraction of sp³-hybridized carbons (Fsp3) is 0.381. The summed E-state index contributed by atoms with van der Waals surface area (Å²) in [6, 6.07) is 14.0. The average Bonchev–Trinajstić information content (AvgIpc) is 2.73. The summed E-state index contributed by atoms with van der Waals surface area (Å²) in [4.78, 5) is 4.27. The van der Waals surface area contributed by atoms with Crippen LogP contribution >= 0.6 is 0 Å². The Morgan fingerprint density at radius 3 is 2.33 bits per heavy atom. The number of nitrogens with zero attached hydrogens (tertiary/aromatic N) is 1. The van der Waals surface area contributed by atoms with Crippen LogP contribution in [0.1, 0.15) is 17.5 Å². The van der Waals surface area contributed by atoms with E-state index in [0.29, 0.717) is 6.54 Å². The molecule has 2 aromatic carbocycles. The van der Waals surface area contributed by atoms with E-state index < -0.39 is 0 Å². The molecule has 0 amide bonds. The maximum atomic E-state index is 5.37. The van der Waals surface area contributed by atoms with Gasteiger partial charge in [-0.3, -0.25) is 4.99 Å². The van der Waals surface area contributed by atoms with Gasteiger partial charge in [0, 0.05) is 25.7 Å². The van der Waals surface area contributed by atoms with E-state index in [4.69, 9.17) is 14.2 Å². The number of hydrogen-bond donors (Lipinski definition) is 2. The quantitative estimate of drug-likeness (QED) is 0.403. The number of rotatable bonds is 9. The minimum absolute atomic E-state index is 0.652. The highest BCUT2D eigenvalue weighted by Crippen LogP contribution is 2.27. The van der Waals surface area contributed by atoms with Crippen LogP contribution < -0.4 is 24.8 Å². The third kappa shape index (κ3) is 6.09. The molecule has 0 aliphatic heterocycles. The van der Waals surface area contributed by atoms with Gasteiger partial charge < -0.3 is 24.8 Å². The van der Waals surface area contributed by atoms with Crippen molar-refractivity contribution in [3.8, 4) is 17.2 Å². The molecule has 2 rings (SSSR count). The topological polar surface area (TPSA) is 64.1 Å². The van der Waals surface area contributed by atoms with Crippen LogP contribution in [0.2, 0.25) is 0 Å². The first-order chi connectivity index (χ1) is 13.2. The molecule has 0 fully saturated rings. The number of guanidine groups is 1. The number of nitrogens with one attached hydrogen (secondary N) is 2. The van der Waals surface area contributed by atoms with E-state index in [2.05, 4.69) is 21.7 Å². The largest absolute Gasteiger partial charge is 0.496 e. The molecule has 0 atom stereocenters. The molecule has 0 spiro atoms. The lowest BCUT2D eigenvalue weighted by Gasteiger charge is -2.14. The molecule has 0 unspecified atom stereocenters. The van der Waals surface area contributed by atoms with E-state index in [0.717, 1.165) is 48.2 Å². The lowest BCUT2D eigenvalue weighted by Crippen LogP contribution is -2.37. The Kier molecular flexibility index (Phi) is 8.29. The number of aryl methyl sites for hydroxylation is 1. The summed E-state index contributed by atoms with van der Waals surface area (Å²) in [5.74, 6) is 3.15. The van der Waals surface area contributed by atoms with Gasteiger partial charge in [-0.2, -0.15) is 0 Å². The molecule has 2 aromatic rings. The molecule has 0 aliphatic rings. The van der Waals surface area contributed by atoms with Gasteiger partial charge in [-0.05, 0) is 36.6 Å². The Bertz CT molecular complexity index is 747. The summed E-state index contributed by atoms with van der Waals surface area (Å²) >= 11 is 0. The van der Waals surface area contributed by atoms with Crippen LogP contribution in [0.25, 0.3) is 0 Å². The predicted octanol–water partition coefficient (Wildman–Crippen LogP) is 3.01. The lowest BCUT2D eigenvalue weighted by molar-refractivity contribution is 0.354. The number of methoxy groups -OCH3 is 3. The van der Waals surface area contributed by atoms with Gasteiger partial charge in [0.1, 0.15) is 5.75 Å². The van der Waals surface area contributed by atoms with Crippen molar-refractivity contribution in [2.75, 3.05) is 34.9 Å². The van der Waals surface area contributed by atoms with Gasteiger partial charge >= 0.3 is 0 Å². The molecule has 27 heavy (non-hydrogen) atoms. The molecular formula is C21H29N3O3. The summed E-state index contributed by atoms with van der Waals surface area (Å²) in [6.45, 7) is 1.47. The van der Waals surface area contributed by atoms with Gasteiger partial charge in [-0.15, -0.1) is 0 Å². The predicted molar refractivity (Wildman–Crippen MR) is 109 cm³/mol.